The highest BCUT2D eigenvalue weighted by Crippen LogP contribution is 2.28. The van der Waals surface area contributed by atoms with E-state index in [9.17, 15) is 30.0 Å². The molecule has 1 aromatic carbocycles. The van der Waals surface area contributed by atoms with E-state index in [0.29, 0.717) is 0 Å². The predicted octanol–water partition coefficient (Wildman–Crippen LogP) is -0.500. The van der Waals surface area contributed by atoms with E-state index >= 15 is 0 Å². The number of sulfone groups is 2. The minimum atomic E-state index is -3.96. The minimum Gasteiger partial charge on any atom is -0.340 e. The normalized spacial score (nSPS) is 23.6. The monoisotopic (exact) mass is 450 g/mol. The Morgan fingerprint density at radius 2 is 1.64 bits per heavy atom. The van der Waals surface area contributed by atoms with Crippen molar-refractivity contribution in [1.29, 1.82) is 0 Å². The van der Waals surface area contributed by atoms with Crippen LogP contribution in [0.15, 0.2) is 34.1 Å². The van der Waals surface area contributed by atoms with E-state index < -0.39 is 40.7 Å². The van der Waals surface area contributed by atoms with Gasteiger partial charge < -0.3 is 4.90 Å². The van der Waals surface area contributed by atoms with Gasteiger partial charge in [0.25, 0.3) is 0 Å². The summed E-state index contributed by atoms with van der Waals surface area (Å²) in [6.45, 7) is 2.21. The number of sulfonamides is 1. The summed E-state index contributed by atoms with van der Waals surface area (Å²) in [5.41, 5.74) is 0. The van der Waals surface area contributed by atoms with Crippen LogP contribution in [0.3, 0.4) is 0 Å². The quantitative estimate of drug-likeness (QED) is 0.605. The van der Waals surface area contributed by atoms with Crippen molar-refractivity contribution in [2.45, 2.75) is 28.4 Å². The largest absolute Gasteiger partial charge is 0.340 e. The number of piperazine rings is 1. The lowest BCUT2D eigenvalue weighted by molar-refractivity contribution is -0.129. The molecule has 1 amide bonds. The Morgan fingerprint density at radius 1 is 1.04 bits per heavy atom. The third-order valence-corrected chi connectivity index (χ3v) is 11.1. The third-order valence-electron chi connectivity index (χ3n) is 5.09. The molecular formula is C16H22N2O7S3. The molecule has 156 valence electrons. The minimum absolute atomic E-state index is 0.00858. The average molecular weight is 451 g/mol. The van der Waals surface area contributed by atoms with Crippen molar-refractivity contribution in [1.82, 2.24) is 9.21 Å². The molecule has 0 spiro atoms. The van der Waals surface area contributed by atoms with Crippen LogP contribution in [0, 0.1) is 0 Å². The second-order valence-corrected chi connectivity index (χ2v) is 13.3. The number of hydrogen-bond acceptors (Lipinski definition) is 7. The van der Waals surface area contributed by atoms with Crippen LogP contribution >= 0.6 is 0 Å². The summed E-state index contributed by atoms with van der Waals surface area (Å²) in [5.74, 6) is -0.758. The Kier molecular flexibility index (Phi) is 5.60. The molecule has 12 heteroatoms. The van der Waals surface area contributed by atoms with Gasteiger partial charge in [0, 0.05) is 33.1 Å². The maximum absolute atomic E-state index is 12.9. The lowest BCUT2D eigenvalue weighted by Gasteiger charge is -2.33. The summed E-state index contributed by atoms with van der Waals surface area (Å²) in [5, 5.41) is -1.06. The molecule has 2 saturated heterocycles. The average Bonchev–Trinajstić information content (AvgIpc) is 3.02. The van der Waals surface area contributed by atoms with E-state index in [1.54, 1.807) is 4.90 Å². The molecule has 1 aromatic rings. The van der Waals surface area contributed by atoms with Crippen molar-refractivity contribution in [3.63, 3.8) is 0 Å². The number of nitrogens with zero attached hydrogens (tertiary/aromatic N) is 2. The Bertz CT molecular complexity index is 1090. The maximum atomic E-state index is 12.9. The Morgan fingerprint density at radius 3 is 2.18 bits per heavy atom. The van der Waals surface area contributed by atoms with Crippen LogP contribution in [0.5, 0.6) is 0 Å². The fourth-order valence-electron chi connectivity index (χ4n) is 3.40. The molecule has 0 saturated carbocycles. The fraction of sp³-hybridized carbons (Fsp3) is 0.562. The van der Waals surface area contributed by atoms with Crippen molar-refractivity contribution < 1.29 is 30.0 Å². The van der Waals surface area contributed by atoms with Crippen molar-refractivity contribution >= 4 is 35.6 Å². The van der Waals surface area contributed by atoms with Crippen LogP contribution < -0.4 is 0 Å². The number of rotatable bonds is 4. The van der Waals surface area contributed by atoms with Gasteiger partial charge in [-0.05, 0) is 24.6 Å². The molecule has 3 rings (SSSR count). The predicted molar refractivity (Wildman–Crippen MR) is 102 cm³/mol. The van der Waals surface area contributed by atoms with E-state index in [4.69, 9.17) is 0 Å². The molecule has 0 radical (unpaired) electrons. The van der Waals surface area contributed by atoms with Gasteiger partial charge in [-0.1, -0.05) is 6.07 Å². The third kappa shape index (κ3) is 4.09. The molecule has 9 nitrogen and oxygen atoms in total. The zero-order valence-corrected chi connectivity index (χ0v) is 17.8. The van der Waals surface area contributed by atoms with E-state index in [-0.39, 0.29) is 54.1 Å². The maximum Gasteiger partial charge on any atom is 0.243 e. The number of benzene rings is 1. The Labute approximate surface area is 165 Å². The molecule has 1 atom stereocenters. The standard InChI is InChI=1S/C16H22N2O7S3/c1-13(19)17-6-8-18(9-7-17)28(24,25)15-4-2-3-14(11-15)27(22,23)16-5-10-26(20,21)12-16/h2-4,11,16H,5-10,12H2,1H3/t16-/m0/s1. The SMILES string of the molecule is CC(=O)N1CCN(S(=O)(=O)c2cccc(S(=O)(=O)[C@H]3CCS(=O)(=O)C3)c2)CC1. The molecule has 0 unspecified atom stereocenters. The summed E-state index contributed by atoms with van der Waals surface area (Å²) in [4.78, 5) is 12.6. The van der Waals surface area contributed by atoms with E-state index in [1.807, 2.05) is 0 Å². The number of carbonyl (C=O) groups excluding carboxylic acids is 1. The summed E-state index contributed by atoms with van der Waals surface area (Å²) in [7, 11) is -11.3. The van der Waals surface area contributed by atoms with Crippen LogP contribution in [0.4, 0.5) is 0 Å². The van der Waals surface area contributed by atoms with E-state index in [2.05, 4.69) is 0 Å². The van der Waals surface area contributed by atoms with Gasteiger partial charge in [0.1, 0.15) is 0 Å². The van der Waals surface area contributed by atoms with Crippen LogP contribution in [0.25, 0.3) is 0 Å². The van der Waals surface area contributed by atoms with Crippen molar-refractivity contribution in [3.05, 3.63) is 24.3 Å². The second kappa shape index (κ2) is 7.39. The van der Waals surface area contributed by atoms with Gasteiger partial charge in [-0.3, -0.25) is 4.79 Å². The molecule has 0 aliphatic carbocycles. The first-order chi connectivity index (χ1) is 12.9. The van der Waals surface area contributed by atoms with Crippen LogP contribution in [-0.4, -0.2) is 83.3 Å². The molecule has 2 heterocycles. The van der Waals surface area contributed by atoms with Gasteiger partial charge in [-0.15, -0.1) is 0 Å². The first-order valence-electron chi connectivity index (χ1n) is 8.73. The number of amides is 1. The highest BCUT2D eigenvalue weighted by Gasteiger charge is 2.38. The van der Waals surface area contributed by atoms with Crippen LogP contribution in [-0.2, 0) is 34.5 Å². The van der Waals surface area contributed by atoms with Crippen molar-refractivity contribution in [2.75, 3.05) is 37.7 Å². The van der Waals surface area contributed by atoms with Gasteiger partial charge in [0.05, 0.1) is 26.5 Å². The van der Waals surface area contributed by atoms with Gasteiger partial charge >= 0.3 is 0 Å². The first kappa shape index (κ1) is 21.2. The zero-order chi connectivity index (χ0) is 20.7. The summed E-state index contributed by atoms with van der Waals surface area (Å²) < 4.78 is 75.8. The molecule has 2 aliphatic heterocycles. The first-order valence-corrected chi connectivity index (χ1v) is 13.5. The molecule has 0 N–H and O–H groups in total. The second-order valence-electron chi connectivity index (χ2n) is 6.96. The van der Waals surface area contributed by atoms with Crippen LogP contribution in [0.1, 0.15) is 13.3 Å². The highest BCUT2D eigenvalue weighted by atomic mass is 32.2. The number of carbonyl (C=O) groups is 1. The zero-order valence-electron chi connectivity index (χ0n) is 15.3. The van der Waals surface area contributed by atoms with Crippen molar-refractivity contribution in [3.8, 4) is 0 Å². The van der Waals surface area contributed by atoms with Gasteiger partial charge in [0.15, 0.2) is 19.7 Å². The lowest BCUT2D eigenvalue weighted by Crippen LogP contribution is -2.49. The fourth-order valence-corrected chi connectivity index (χ4v) is 9.35. The Hall–Kier alpha value is -1.50. The summed E-state index contributed by atoms with van der Waals surface area (Å²) >= 11 is 0. The molecule has 2 aliphatic rings. The van der Waals surface area contributed by atoms with Crippen LogP contribution in [0.2, 0.25) is 0 Å². The molecular weight excluding hydrogens is 428 g/mol. The topological polar surface area (TPSA) is 126 Å². The summed E-state index contributed by atoms with van der Waals surface area (Å²) in [6, 6.07) is 5.03. The smallest absolute Gasteiger partial charge is 0.243 e. The van der Waals surface area contributed by atoms with Gasteiger partial charge in [-0.2, -0.15) is 4.31 Å². The van der Waals surface area contributed by atoms with E-state index in [0.717, 1.165) is 6.07 Å². The lowest BCUT2D eigenvalue weighted by atomic mass is 10.3. The highest BCUT2D eigenvalue weighted by molar-refractivity contribution is 7.96. The Balaban J connectivity index is 1.86. The number of hydrogen-bond donors (Lipinski definition) is 0. The molecule has 0 bridgehead atoms. The van der Waals surface area contributed by atoms with E-state index in [1.165, 1.54) is 29.4 Å². The molecule has 2 fully saturated rings. The van der Waals surface area contributed by atoms with Gasteiger partial charge in [-0.25, -0.2) is 25.3 Å². The van der Waals surface area contributed by atoms with Crippen molar-refractivity contribution in [2.24, 2.45) is 0 Å². The summed E-state index contributed by atoms with van der Waals surface area (Å²) in [6.07, 6.45) is 0.00858. The molecule has 0 aromatic heterocycles. The molecule has 28 heavy (non-hydrogen) atoms. The van der Waals surface area contributed by atoms with Gasteiger partial charge in [0.2, 0.25) is 15.9 Å².